The number of hydrogen-bond acceptors (Lipinski definition) is 6. The summed E-state index contributed by atoms with van der Waals surface area (Å²) in [6, 6.07) is 15.9. The molecule has 0 bridgehead atoms. The number of tetrazole rings is 1. The van der Waals surface area contributed by atoms with Crippen LogP contribution in [0.3, 0.4) is 0 Å². The Morgan fingerprint density at radius 1 is 1.08 bits per heavy atom. The molecule has 0 amide bonds. The van der Waals surface area contributed by atoms with Crippen molar-refractivity contribution in [2.75, 3.05) is 12.4 Å². The van der Waals surface area contributed by atoms with Crippen LogP contribution in [-0.4, -0.2) is 27.3 Å². The van der Waals surface area contributed by atoms with Crippen LogP contribution in [0.2, 0.25) is 0 Å². The number of aryl methyl sites for hydroxylation is 1. The predicted molar refractivity (Wildman–Crippen MR) is 94.6 cm³/mol. The third-order valence-electron chi connectivity index (χ3n) is 3.77. The van der Waals surface area contributed by atoms with Gasteiger partial charge in [0.05, 0.1) is 7.11 Å². The van der Waals surface area contributed by atoms with Gasteiger partial charge in [0.25, 0.3) is 0 Å². The Labute approximate surface area is 146 Å². The molecule has 0 atom stereocenters. The third-order valence-corrected chi connectivity index (χ3v) is 3.77. The monoisotopic (exact) mass is 339 g/mol. The van der Waals surface area contributed by atoms with Gasteiger partial charge in [-0.15, -0.1) is 0 Å². The van der Waals surface area contributed by atoms with Gasteiger partial charge < -0.3 is 14.8 Å². The summed E-state index contributed by atoms with van der Waals surface area (Å²) in [7, 11) is 1.64. The lowest BCUT2D eigenvalue weighted by Gasteiger charge is -2.15. The Morgan fingerprint density at radius 3 is 2.68 bits per heavy atom. The van der Waals surface area contributed by atoms with E-state index in [4.69, 9.17) is 9.47 Å². The Hall–Kier alpha value is -3.09. The molecule has 2 aromatic carbocycles. The number of hydrogen-bond donors (Lipinski definition) is 1. The van der Waals surface area contributed by atoms with Gasteiger partial charge in [-0.3, -0.25) is 0 Å². The van der Waals surface area contributed by atoms with Crippen LogP contribution in [0.4, 0.5) is 5.95 Å². The number of ether oxygens (including phenoxy) is 2. The second-order valence-corrected chi connectivity index (χ2v) is 5.39. The summed E-state index contributed by atoms with van der Waals surface area (Å²) >= 11 is 0. The Kier molecular flexibility index (Phi) is 5.46. The molecule has 0 aliphatic carbocycles. The lowest BCUT2D eigenvalue weighted by molar-refractivity contribution is 0.281. The fourth-order valence-corrected chi connectivity index (χ4v) is 2.47. The number of rotatable bonds is 8. The topological polar surface area (TPSA) is 74.1 Å². The van der Waals surface area contributed by atoms with Crippen LogP contribution in [0.1, 0.15) is 18.1 Å². The first-order valence-corrected chi connectivity index (χ1v) is 8.14. The molecule has 0 aliphatic rings. The SMILES string of the molecule is CCn1nnnc1NCc1cccc(OC)c1OCc1ccccc1. The van der Waals surface area contributed by atoms with Crippen LogP contribution in [0.5, 0.6) is 11.5 Å². The van der Waals surface area contributed by atoms with E-state index in [-0.39, 0.29) is 0 Å². The standard InChI is InChI=1S/C18H21N5O2/c1-3-23-18(20-21-22-23)19-12-15-10-7-11-16(24-2)17(15)25-13-14-8-5-4-6-9-14/h4-11H,3,12-13H2,1-2H3,(H,19,20,22). The van der Waals surface area contributed by atoms with Crippen molar-refractivity contribution >= 4 is 5.95 Å². The smallest absolute Gasteiger partial charge is 0.243 e. The quantitative estimate of drug-likeness (QED) is 0.680. The molecule has 0 spiro atoms. The summed E-state index contributed by atoms with van der Waals surface area (Å²) in [6.45, 7) is 3.69. The van der Waals surface area contributed by atoms with Crippen molar-refractivity contribution in [2.24, 2.45) is 0 Å². The molecule has 1 heterocycles. The molecule has 7 heteroatoms. The molecule has 0 unspecified atom stereocenters. The van der Waals surface area contributed by atoms with Gasteiger partial charge in [-0.1, -0.05) is 47.6 Å². The van der Waals surface area contributed by atoms with Gasteiger partial charge in [0.2, 0.25) is 5.95 Å². The van der Waals surface area contributed by atoms with Gasteiger partial charge in [-0.2, -0.15) is 0 Å². The van der Waals surface area contributed by atoms with E-state index in [1.807, 2.05) is 55.5 Å². The van der Waals surface area contributed by atoms with E-state index in [0.29, 0.717) is 31.4 Å². The maximum absolute atomic E-state index is 6.05. The Bertz CT molecular complexity index is 804. The molecule has 25 heavy (non-hydrogen) atoms. The third kappa shape index (κ3) is 4.06. The normalized spacial score (nSPS) is 10.5. The van der Waals surface area contributed by atoms with Crippen molar-refractivity contribution in [3.05, 3.63) is 59.7 Å². The highest BCUT2D eigenvalue weighted by atomic mass is 16.5. The maximum Gasteiger partial charge on any atom is 0.243 e. The van der Waals surface area contributed by atoms with E-state index < -0.39 is 0 Å². The molecule has 0 fully saturated rings. The molecule has 1 N–H and O–H groups in total. The van der Waals surface area contributed by atoms with Crippen molar-refractivity contribution in [1.82, 2.24) is 20.2 Å². The molecule has 1 aromatic heterocycles. The lowest BCUT2D eigenvalue weighted by atomic mass is 10.1. The zero-order chi connectivity index (χ0) is 17.5. The minimum absolute atomic E-state index is 0.473. The molecule has 0 saturated carbocycles. The molecule has 0 radical (unpaired) electrons. The first-order valence-electron chi connectivity index (χ1n) is 8.14. The zero-order valence-electron chi connectivity index (χ0n) is 14.3. The van der Waals surface area contributed by atoms with Crippen LogP contribution in [0.15, 0.2) is 48.5 Å². The maximum atomic E-state index is 6.05. The van der Waals surface area contributed by atoms with Crippen molar-refractivity contribution in [3.8, 4) is 11.5 Å². The largest absolute Gasteiger partial charge is 0.493 e. The molecule has 130 valence electrons. The van der Waals surface area contributed by atoms with Gasteiger partial charge in [0.15, 0.2) is 11.5 Å². The number of methoxy groups -OCH3 is 1. The van der Waals surface area contributed by atoms with E-state index in [2.05, 4.69) is 20.8 Å². The second-order valence-electron chi connectivity index (χ2n) is 5.39. The minimum Gasteiger partial charge on any atom is -0.493 e. The fraction of sp³-hybridized carbons (Fsp3) is 0.278. The molecule has 0 aliphatic heterocycles. The van der Waals surface area contributed by atoms with Crippen molar-refractivity contribution < 1.29 is 9.47 Å². The first-order chi connectivity index (χ1) is 12.3. The van der Waals surface area contributed by atoms with E-state index in [9.17, 15) is 0 Å². The van der Waals surface area contributed by atoms with Crippen LogP contribution in [0.25, 0.3) is 0 Å². The van der Waals surface area contributed by atoms with Gasteiger partial charge in [-0.25, -0.2) is 4.68 Å². The first kappa shape index (κ1) is 16.8. The average molecular weight is 339 g/mol. The fourth-order valence-electron chi connectivity index (χ4n) is 2.47. The van der Waals surface area contributed by atoms with Crippen LogP contribution in [0, 0.1) is 0 Å². The molecular weight excluding hydrogens is 318 g/mol. The van der Waals surface area contributed by atoms with Crippen molar-refractivity contribution in [1.29, 1.82) is 0 Å². The minimum atomic E-state index is 0.473. The summed E-state index contributed by atoms with van der Waals surface area (Å²) in [5, 5.41) is 14.8. The van der Waals surface area contributed by atoms with Crippen LogP contribution in [-0.2, 0) is 19.7 Å². The predicted octanol–water partition coefficient (Wildman–Crippen LogP) is 2.89. The van der Waals surface area contributed by atoms with E-state index in [1.165, 1.54) is 0 Å². The van der Waals surface area contributed by atoms with E-state index >= 15 is 0 Å². The van der Waals surface area contributed by atoms with Crippen LogP contribution >= 0.6 is 0 Å². The van der Waals surface area contributed by atoms with E-state index in [1.54, 1.807) is 11.8 Å². The average Bonchev–Trinajstić information content (AvgIpc) is 3.13. The number of anilines is 1. The highest BCUT2D eigenvalue weighted by molar-refractivity contribution is 5.48. The summed E-state index contributed by atoms with van der Waals surface area (Å²) < 4.78 is 13.2. The highest BCUT2D eigenvalue weighted by Crippen LogP contribution is 2.32. The molecule has 3 rings (SSSR count). The van der Waals surface area contributed by atoms with Crippen LogP contribution < -0.4 is 14.8 Å². The molecule has 7 nitrogen and oxygen atoms in total. The van der Waals surface area contributed by atoms with Crippen molar-refractivity contribution in [2.45, 2.75) is 26.6 Å². The number of benzene rings is 2. The Morgan fingerprint density at radius 2 is 1.92 bits per heavy atom. The number of nitrogens with one attached hydrogen (secondary N) is 1. The summed E-state index contributed by atoms with van der Waals surface area (Å²) in [6.07, 6.45) is 0. The summed E-state index contributed by atoms with van der Waals surface area (Å²) in [4.78, 5) is 0. The molecule has 0 saturated heterocycles. The van der Waals surface area contributed by atoms with Gasteiger partial charge >= 0.3 is 0 Å². The van der Waals surface area contributed by atoms with Gasteiger partial charge in [0, 0.05) is 18.7 Å². The lowest BCUT2D eigenvalue weighted by Crippen LogP contribution is -2.09. The molecular formula is C18H21N5O2. The van der Waals surface area contributed by atoms with E-state index in [0.717, 1.165) is 16.9 Å². The highest BCUT2D eigenvalue weighted by Gasteiger charge is 2.12. The second kappa shape index (κ2) is 8.14. The number of aromatic nitrogens is 4. The van der Waals surface area contributed by atoms with Gasteiger partial charge in [0.1, 0.15) is 6.61 Å². The van der Waals surface area contributed by atoms with Gasteiger partial charge in [-0.05, 0) is 29.0 Å². The molecule has 3 aromatic rings. The number of nitrogens with zero attached hydrogens (tertiary/aromatic N) is 4. The summed E-state index contributed by atoms with van der Waals surface area (Å²) in [5.41, 5.74) is 2.07. The summed E-state index contributed by atoms with van der Waals surface area (Å²) in [5.74, 6) is 2.04. The zero-order valence-corrected chi connectivity index (χ0v) is 14.3. The number of para-hydroxylation sites is 1. The Balaban J connectivity index is 1.76. The van der Waals surface area contributed by atoms with Crippen molar-refractivity contribution in [3.63, 3.8) is 0 Å².